The van der Waals surface area contributed by atoms with Crippen LogP contribution in [-0.4, -0.2) is 57.5 Å². The summed E-state index contributed by atoms with van der Waals surface area (Å²) in [6.07, 6.45) is 3.15. The summed E-state index contributed by atoms with van der Waals surface area (Å²) in [4.78, 5) is 24.3. The van der Waals surface area contributed by atoms with Gasteiger partial charge in [-0.2, -0.15) is 9.41 Å². The summed E-state index contributed by atoms with van der Waals surface area (Å²) in [5.74, 6) is -0.384. The summed E-state index contributed by atoms with van der Waals surface area (Å²) in [6, 6.07) is 12.8. The molecule has 2 aromatic rings. The highest BCUT2D eigenvalue weighted by molar-refractivity contribution is 7.89. The van der Waals surface area contributed by atoms with Gasteiger partial charge < -0.3 is 10.1 Å². The molecular formula is C21H24N4O5S. The average molecular weight is 445 g/mol. The van der Waals surface area contributed by atoms with Crippen molar-refractivity contribution >= 4 is 28.1 Å². The standard InChI is InChI=1S/C21H24N4O5S/c1-30-19-7-3-2-6-17(19)14-23-24-20(26)15-22-21(27)16-8-10-18(11-9-16)31(28,29)25-12-4-5-13-25/h2-3,6-11,14H,4-5,12-13,15H2,1H3,(H,22,27)(H,24,26). The van der Waals surface area contributed by atoms with E-state index in [9.17, 15) is 18.0 Å². The van der Waals surface area contributed by atoms with Gasteiger partial charge in [0.05, 0.1) is 24.8 Å². The van der Waals surface area contributed by atoms with E-state index in [0.29, 0.717) is 24.4 Å². The molecule has 0 unspecified atom stereocenters. The van der Waals surface area contributed by atoms with Crippen molar-refractivity contribution in [3.05, 3.63) is 59.7 Å². The molecule has 0 saturated carbocycles. The molecule has 1 fully saturated rings. The Morgan fingerprint density at radius 1 is 1.10 bits per heavy atom. The third kappa shape index (κ3) is 5.68. The van der Waals surface area contributed by atoms with Crippen molar-refractivity contribution < 1.29 is 22.7 Å². The number of nitrogens with zero attached hydrogens (tertiary/aromatic N) is 2. The van der Waals surface area contributed by atoms with Gasteiger partial charge in [0.2, 0.25) is 10.0 Å². The van der Waals surface area contributed by atoms with E-state index in [2.05, 4.69) is 15.8 Å². The number of hydrogen-bond acceptors (Lipinski definition) is 6. The summed E-state index contributed by atoms with van der Waals surface area (Å²) in [5.41, 5.74) is 3.27. The van der Waals surface area contributed by atoms with E-state index in [1.807, 2.05) is 12.1 Å². The fourth-order valence-electron chi connectivity index (χ4n) is 3.10. The van der Waals surface area contributed by atoms with Gasteiger partial charge in [-0.1, -0.05) is 12.1 Å². The summed E-state index contributed by atoms with van der Waals surface area (Å²) in [5, 5.41) is 6.32. The van der Waals surface area contributed by atoms with Crippen molar-refractivity contribution in [1.29, 1.82) is 0 Å². The number of amides is 2. The molecule has 3 rings (SSSR count). The first-order valence-corrected chi connectivity index (χ1v) is 11.2. The molecule has 2 aromatic carbocycles. The minimum atomic E-state index is -3.53. The molecule has 1 heterocycles. The second kappa shape index (κ2) is 10.2. The van der Waals surface area contributed by atoms with Crippen molar-refractivity contribution in [2.45, 2.75) is 17.7 Å². The summed E-state index contributed by atoms with van der Waals surface area (Å²) < 4.78 is 31.7. The Hall–Kier alpha value is -3.24. The largest absolute Gasteiger partial charge is 0.496 e. The Balaban J connectivity index is 1.51. The average Bonchev–Trinajstić information content (AvgIpc) is 3.34. The van der Waals surface area contributed by atoms with Gasteiger partial charge in [-0.25, -0.2) is 13.8 Å². The highest BCUT2D eigenvalue weighted by Crippen LogP contribution is 2.21. The Morgan fingerprint density at radius 2 is 1.77 bits per heavy atom. The Bertz CT molecular complexity index is 1060. The maximum atomic E-state index is 12.5. The third-order valence-corrected chi connectivity index (χ3v) is 6.67. The summed E-state index contributed by atoms with van der Waals surface area (Å²) in [7, 11) is -2.00. The van der Waals surface area contributed by atoms with Gasteiger partial charge in [-0.15, -0.1) is 0 Å². The molecule has 31 heavy (non-hydrogen) atoms. The van der Waals surface area contributed by atoms with Crippen LogP contribution in [0, 0.1) is 0 Å². The molecule has 1 aliphatic rings. The Morgan fingerprint density at radius 3 is 2.45 bits per heavy atom. The highest BCUT2D eigenvalue weighted by Gasteiger charge is 2.27. The minimum absolute atomic E-state index is 0.148. The SMILES string of the molecule is COc1ccccc1C=NNC(=O)CNC(=O)c1ccc(S(=O)(=O)N2CCCC2)cc1. The number of benzene rings is 2. The van der Waals surface area contributed by atoms with Gasteiger partial charge in [0.25, 0.3) is 11.8 Å². The topological polar surface area (TPSA) is 117 Å². The summed E-state index contributed by atoms with van der Waals surface area (Å²) >= 11 is 0. The van der Waals surface area contributed by atoms with Crippen LogP contribution in [0.25, 0.3) is 0 Å². The quantitative estimate of drug-likeness (QED) is 0.471. The molecule has 2 N–H and O–H groups in total. The molecule has 0 bridgehead atoms. The number of hydrazone groups is 1. The van der Waals surface area contributed by atoms with Crippen LogP contribution in [0.3, 0.4) is 0 Å². The van der Waals surface area contributed by atoms with Crippen molar-refractivity contribution in [2.24, 2.45) is 5.10 Å². The predicted molar refractivity (Wildman–Crippen MR) is 115 cm³/mol. The zero-order chi connectivity index (χ0) is 22.3. The van der Waals surface area contributed by atoms with E-state index >= 15 is 0 Å². The van der Waals surface area contributed by atoms with Gasteiger partial charge in [0.1, 0.15) is 5.75 Å². The molecule has 10 heteroatoms. The Labute approximate surface area is 181 Å². The monoisotopic (exact) mass is 444 g/mol. The van der Waals surface area contributed by atoms with Crippen molar-refractivity contribution in [2.75, 3.05) is 26.7 Å². The molecule has 0 radical (unpaired) electrons. The number of para-hydroxylation sites is 1. The molecule has 164 valence electrons. The smallest absolute Gasteiger partial charge is 0.259 e. The van der Waals surface area contributed by atoms with E-state index in [4.69, 9.17) is 4.74 Å². The minimum Gasteiger partial charge on any atom is -0.496 e. The number of sulfonamides is 1. The molecule has 0 atom stereocenters. The number of carbonyl (C=O) groups excluding carboxylic acids is 2. The van der Waals surface area contributed by atoms with E-state index in [0.717, 1.165) is 12.8 Å². The van der Waals surface area contributed by atoms with Crippen LogP contribution in [0.1, 0.15) is 28.8 Å². The normalized spacial score (nSPS) is 14.5. The molecule has 0 spiro atoms. The van der Waals surface area contributed by atoms with Gasteiger partial charge in [-0.3, -0.25) is 9.59 Å². The fraction of sp³-hybridized carbons (Fsp3) is 0.286. The third-order valence-electron chi connectivity index (χ3n) is 4.76. The number of methoxy groups -OCH3 is 1. The van der Waals surface area contributed by atoms with Crippen LogP contribution in [0.5, 0.6) is 5.75 Å². The van der Waals surface area contributed by atoms with Gasteiger partial charge in [0, 0.05) is 24.2 Å². The highest BCUT2D eigenvalue weighted by atomic mass is 32.2. The van der Waals surface area contributed by atoms with E-state index in [1.165, 1.54) is 41.9 Å². The van der Waals surface area contributed by atoms with E-state index in [1.54, 1.807) is 12.1 Å². The van der Waals surface area contributed by atoms with Crippen LogP contribution in [0.15, 0.2) is 58.5 Å². The number of rotatable bonds is 8. The molecular weight excluding hydrogens is 420 g/mol. The molecule has 0 aromatic heterocycles. The lowest BCUT2D eigenvalue weighted by Gasteiger charge is -2.15. The fourth-order valence-corrected chi connectivity index (χ4v) is 4.62. The van der Waals surface area contributed by atoms with Gasteiger partial charge in [-0.05, 0) is 49.2 Å². The van der Waals surface area contributed by atoms with E-state index < -0.39 is 21.8 Å². The van der Waals surface area contributed by atoms with Crippen LogP contribution in [-0.2, 0) is 14.8 Å². The van der Waals surface area contributed by atoms with Crippen LogP contribution >= 0.6 is 0 Å². The molecule has 1 saturated heterocycles. The lowest BCUT2D eigenvalue weighted by atomic mass is 10.2. The first-order chi connectivity index (χ1) is 14.9. The maximum absolute atomic E-state index is 12.5. The lowest BCUT2D eigenvalue weighted by molar-refractivity contribution is -0.120. The molecule has 1 aliphatic heterocycles. The first-order valence-electron chi connectivity index (χ1n) is 9.75. The zero-order valence-electron chi connectivity index (χ0n) is 17.1. The second-order valence-electron chi connectivity index (χ2n) is 6.85. The number of ether oxygens (including phenoxy) is 1. The van der Waals surface area contributed by atoms with Crippen molar-refractivity contribution in [1.82, 2.24) is 15.0 Å². The predicted octanol–water partition coefficient (Wildman–Crippen LogP) is 1.36. The molecule has 9 nitrogen and oxygen atoms in total. The number of hydrogen-bond donors (Lipinski definition) is 2. The van der Waals surface area contributed by atoms with Gasteiger partial charge in [0.15, 0.2) is 0 Å². The first kappa shape index (κ1) is 22.4. The molecule has 0 aliphatic carbocycles. The second-order valence-corrected chi connectivity index (χ2v) is 8.79. The van der Waals surface area contributed by atoms with E-state index in [-0.39, 0.29) is 17.0 Å². The van der Waals surface area contributed by atoms with Crippen LogP contribution in [0.4, 0.5) is 0 Å². The van der Waals surface area contributed by atoms with Crippen molar-refractivity contribution in [3.8, 4) is 5.75 Å². The number of carbonyl (C=O) groups is 2. The zero-order valence-corrected chi connectivity index (χ0v) is 17.9. The van der Waals surface area contributed by atoms with Crippen LogP contribution < -0.4 is 15.5 Å². The number of nitrogens with one attached hydrogen (secondary N) is 2. The molecule has 2 amide bonds. The maximum Gasteiger partial charge on any atom is 0.259 e. The van der Waals surface area contributed by atoms with Crippen molar-refractivity contribution in [3.63, 3.8) is 0 Å². The lowest BCUT2D eigenvalue weighted by Crippen LogP contribution is -2.35. The van der Waals surface area contributed by atoms with Crippen LogP contribution in [0.2, 0.25) is 0 Å². The summed E-state index contributed by atoms with van der Waals surface area (Å²) in [6.45, 7) is 0.744. The Kier molecular flexibility index (Phi) is 7.37. The van der Waals surface area contributed by atoms with Gasteiger partial charge >= 0.3 is 0 Å².